The molecule has 3 rings (SSSR count). The van der Waals surface area contributed by atoms with Crippen molar-refractivity contribution in [3.63, 3.8) is 0 Å². The Morgan fingerprint density at radius 1 is 1.14 bits per heavy atom. The number of carboxylic acids is 1. The molecule has 0 radical (unpaired) electrons. The molecule has 6 nitrogen and oxygen atoms in total. The van der Waals surface area contributed by atoms with Crippen molar-refractivity contribution in [3.05, 3.63) is 79.1 Å². The summed E-state index contributed by atoms with van der Waals surface area (Å²) in [6.45, 7) is 2.25. The number of aromatic carboxylic acids is 1. The van der Waals surface area contributed by atoms with Gasteiger partial charge in [0.25, 0.3) is 0 Å². The summed E-state index contributed by atoms with van der Waals surface area (Å²) in [5.74, 6) is -1.13. The standard InChI is InChI=1S/C20H15Cl3N2O4/c1-2-25-17(29-10-11-5-13(21)9-24-8-11)7-16(26)18(20(27)28)19(25)12-3-4-14(22)15(23)6-12/h3-9H,2,10H2,1H3,(H,27,28). The second-order valence-electron chi connectivity index (χ2n) is 6.05. The molecular weight excluding hydrogens is 439 g/mol. The molecule has 2 heterocycles. The summed E-state index contributed by atoms with van der Waals surface area (Å²) in [5.41, 5.74) is 0.270. The monoisotopic (exact) mass is 452 g/mol. The van der Waals surface area contributed by atoms with Crippen LogP contribution in [0.2, 0.25) is 15.1 Å². The predicted octanol–water partition coefficient (Wildman–Crippen LogP) is 5.17. The van der Waals surface area contributed by atoms with Gasteiger partial charge in [-0.25, -0.2) is 4.79 Å². The molecule has 0 bridgehead atoms. The van der Waals surface area contributed by atoms with Crippen molar-refractivity contribution in [1.29, 1.82) is 0 Å². The second kappa shape index (κ2) is 8.86. The lowest BCUT2D eigenvalue weighted by atomic mass is 10.0. The smallest absolute Gasteiger partial charge is 0.341 e. The molecule has 0 unspecified atom stereocenters. The van der Waals surface area contributed by atoms with Gasteiger partial charge < -0.3 is 14.4 Å². The molecule has 0 aliphatic heterocycles. The zero-order chi connectivity index (χ0) is 21.1. The number of benzene rings is 1. The molecule has 0 aliphatic rings. The van der Waals surface area contributed by atoms with Crippen molar-refractivity contribution < 1.29 is 14.6 Å². The van der Waals surface area contributed by atoms with Crippen LogP contribution in [0.25, 0.3) is 11.3 Å². The average molecular weight is 454 g/mol. The zero-order valence-corrected chi connectivity index (χ0v) is 17.4. The second-order valence-corrected chi connectivity index (χ2v) is 7.30. The Kier molecular flexibility index (Phi) is 6.47. The van der Waals surface area contributed by atoms with Crippen LogP contribution in [0.3, 0.4) is 0 Å². The minimum Gasteiger partial charge on any atom is -0.477 e. The summed E-state index contributed by atoms with van der Waals surface area (Å²) >= 11 is 18.0. The first-order valence-corrected chi connectivity index (χ1v) is 9.64. The van der Waals surface area contributed by atoms with E-state index < -0.39 is 11.4 Å². The van der Waals surface area contributed by atoms with E-state index in [0.29, 0.717) is 27.7 Å². The molecule has 2 aromatic heterocycles. The van der Waals surface area contributed by atoms with Gasteiger partial charge in [0.15, 0.2) is 5.88 Å². The first kappa shape index (κ1) is 21.2. The van der Waals surface area contributed by atoms with Crippen LogP contribution in [-0.4, -0.2) is 20.6 Å². The van der Waals surface area contributed by atoms with E-state index in [4.69, 9.17) is 39.5 Å². The highest BCUT2D eigenvalue weighted by molar-refractivity contribution is 6.42. The maximum atomic E-state index is 12.6. The van der Waals surface area contributed by atoms with Gasteiger partial charge in [0.1, 0.15) is 12.2 Å². The zero-order valence-electron chi connectivity index (χ0n) is 15.2. The highest BCUT2D eigenvalue weighted by Gasteiger charge is 2.23. The summed E-state index contributed by atoms with van der Waals surface area (Å²) in [6, 6.07) is 7.51. The number of carbonyl (C=O) groups is 1. The Labute approximate surface area is 181 Å². The van der Waals surface area contributed by atoms with Gasteiger partial charge in [-0.05, 0) is 25.1 Å². The van der Waals surface area contributed by atoms with E-state index in [0.717, 1.165) is 6.07 Å². The third kappa shape index (κ3) is 4.56. The number of hydrogen-bond donors (Lipinski definition) is 1. The van der Waals surface area contributed by atoms with Crippen molar-refractivity contribution in [3.8, 4) is 17.1 Å². The summed E-state index contributed by atoms with van der Waals surface area (Å²) < 4.78 is 7.41. The van der Waals surface area contributed by atoms with E-state index in [-0.39, 0.29) is 28.8 Å². The van der Waals surface area contributed by atoms with Crippen LogP contribution in [0, 0.1) is 0 Å². The van der Waals surface area contributed by atoms with E-state index in [1.807, 2.05) is 6.92 Å². The first-order valence-electron chi connectivity index (χ1n) is 8.50. The fourth-order valence-corrected chi connectivity index (χ4v) is 3.39. The predicted molar refractivity (Wildman–Crippen MR) is 112 cm³/mol. The summed E-state index contributed by atoms with van der Waals surface area (Å²) in [6.07, 6.45) is 3.09. The van der Waals surface area contributed by atoms with Gasteiger partial charge in [0.2, 0.25) is 5.43 Å². The molecule has 0 spiro atoms. The van der Waals surface area contributed by atoms with Crippen molar-refractivity contribution in [2.24, 2.45) is 0 Å². The summed E-state index contributed by atoms with van der Waals surface area (Å²) in [5, 5.41) is 10.7. The molecule has 1 aromatic carbocycles. The quantitative estimate of drug-likeness (QED) is 0.557. The van der Waals surface area contributed by atoms with Gasteiger partial charge in [0, 0.05) is 36.1 Å². The van der Waals surface area contributed by atoms with Gasteiger partial charge in [-0.3, -0.25) is 9.78 Å². The molecule has 0 atom stereocenters. The third-order valence-electron chi connectivity index (χ3n) is 4.15. The molecule has 3 aromatic rings. The van der Waals surface area contributed by atoms with Crippen molar-refractivity contribution >= 4 is 40.8 Å². The number of aromatic nitrogens is 2. The van der Waals surface area contributed by atoms with Crippen LogP contribution in [-0.2, 0) is 13.2 Å². The molecule has 29 heavy (non-hydrogen) atoms. The van der Waals surface area contributed by atoms with Crippen LogP contribution in [0.4, 0.5) is 0 Å². The van der Waals surface area contributed by atoms with Gasteiger partial charge in [-0.1, -0.05) is 40.9 Å². The highest BCUT2D eigenvalue weighted by Crippen LogP contribution is 2.32. The van der Waals surface area contributed by atoms with Crippen LogP contribution >= 0.6 is 34.8 Å². The normalized spacial score (nSPS) is 10.8. The molecule has 0 amide bonds. The minimum absolute atomic E-state index is 0.0975. The van der Waals surface area contributed by atoms with Gasteiger partial charge in [0.05, 0.1) is 20.8 Å². The van der Waals surface area contributed by atoms with Gasteiger partial charge in [-0.15, -0.1) is 0 Å². The maximum Gasteiger partial charge on any atom is 0.341 e. The molecule has 0 saturated heterocycles. The van der Waals surface area contributed by atoms with Crippen LogP contribution in [0.1, 0.15) is 22.8 Å². The van der Waals surface area contributed by atoms with Crippen molar-refractivity contribution in [2.45, 2.75) is 20.1 Å². The number of nitrogens with zero attached hydrogens (tertiary/aromatic N) is 2. The van der Waals surface area contributed by atoms with E-state index in [1.54, 1.807) is 29.0 Å². The fraction of sp³-hybridized carbons (Fsp3) is 0.150. The van der Waals surface area contributed by atoms with Crippen LogP contribution in [0.5, 0.6) is 5.88 Å². The molecule has 0 aliphatic carbocycles. The number of halogens is 3. The molecule has 1 N–H and O–H groups in total. The van der Waals surface area contributed by atoms with E-state index in [9.17, 15) is 14.7 Å². The van der Waals surface area contributed by atoms with E-state index in [2.05, 4.69) is 4.98 Å². The number of carboxylic acid groups (broad SMARTS) is 1. The first-order chi connectivity index (χ1) is 13.8. The molecule has 0 saturated carbocycles. The summed E-state index contributed by atoms with van der Waals surface area (Å²) in [7, 11) is 0. The Balaban J connectivity index is 2.15. The van der Waals surface area contributed by atoms with Gasteiger partial charge in [-0.2, -0.15) is 0 Å². The lowest BCUT2D eigenvalue weighted by molar-refractivity contribution is 0.0695. The molecular formula is C20H15Cl3N2O4. The lowest BCUT2D eigenvalue weighted by Gasteiger charge is -2.20. The highest BCUT2D eigenvalue weighted by atomic mass is 35.5. The lowest BCUT2D eigenvalue weighted by Crippen LogP contribution is -2.22. The minimum atomic E-state index is -1.34. The van der Waals surface area contributed by atoms with Crippen molar-refractivity contribution in [1.82, 2.24) is 9.55 Å². The Morgan fingerprint density at radius 2 is 1.90 bits per heavy atom. The third-order valence-corrected chi connectivity index (χ3v) is 5.09. The number of pyridine rings is 2. The average Bonchev–Trinajstić information content (AvgIpc) is 2.67. The van der Waals surface area contributed by atoms with E-state index in [1.165, 1.54) is 12.3 Å². The SMILES string of the molecule is CCn1c(OCc2cncc(Cl)c2)cc(=O)c(C(=O)O)c1-c1ccc(Cl)c(Cl)c1. The van der Waals surface area contributed by atoms with E-state index >= 15 is 0 Å². The molecule has 150 valence electrons. The summed E-state index contributed by atoms with van der Waals surface area (Å²) in [4.78, 5) is 28.4. The fourth-order valence-electron chi connectivity index (χ4n) is 2.90. The Bertz CT molecular complexity index is 1150. The number of ether oxygens (including phenoxy) is 1. The van der Waals surface area contributed by atoms with Gasteiger partial charge >= 0.3 is 5.97 Å². The molecule has 9 heteroatoms. The molecule has 0 fully saturated rings. The van der Waals surface area contributed by atoms with Crippen LogP contribution in [0.15, 0.2) is 47.5 Å². The number of rotatable bonds is 6. The van der Waals surface area contributed by atoms with Crippen LogP contribution < -0.4 is 10.2 Å². The topological polar surface area (TPSA) is 81.4 Å². The maximum absolute atomic E-state index is 12.6. The van der Waals surface area contributed by atoms with Crippen molar-refractivity contribution in [2.75, 3.05) is 0 Å². The number of hydrogen-bond acceptors (Lipinski definition) is 4. The Hall–Kier alpha value is -2.54. The largest absolute Gasteiger partial charge is 0.477 e. The Morgan fingerprint density at radius 3 is 2.52 bits per heavy atom.